The minimum absolute atomic E-state index is 0.119. The quantitative estimate of drug-likeness (QED) is 0.568. The van der Waals surface area contributed by atoms with Gasteiger partial charge in [-0.05, 0) is 12.8 Å². The van der Waals surface area contributed by atoms with Crippen LogP contribution in [-0.4, -0.2) is 31.7 Å². The molecule has 76 valence electrons. The van der Waals surface area contributed by atoms with Gasteiger partial charge in [-0.1, -0.05) is 0 Å². The third-order valence-electron chi connectivity index (χ3n) is 2.15. The second-order valence-electron chi connectivity index (χ2n) is 3.14. The Bertz CT molecular complexity index is 300. The molecule has 0 aromatic heterocycles. The lowest BCUT2D eigenvalue weighted by Gasteiger charge is -2.28. The molecule has 1 heterocycles. The third-order valence-corrected chi connectivity index (χ3v) is 3.20. The van der Waals surface area contributed by atoms with E-state index in [1.54, 1.807) is 0 Å². The molecule has 1 unspecified atom stereocenters. The van der Waals surface area contributed by atoms with Crippen molar-refractivity contribution in [2.75, 3.05) is 13.1 Å². The second-order valence-corrected chi connectivity index (χ2v) is 4.69. The summed E-state index contributed by atoms with van der Waals surface area (Å²) in [5.41, 5.74) is 5.07. The first kappa shape index (κ1) is 10.4. The fourth-order valence-electron chi connectivity index (χ4n) is 1.41. The van der Waals surface area contributed by atoms with E-state index in [1.807, 2.05) is 0 Å². The Morgan fingerprint density at radius 2 is 2.08 bits per heavy atom. The molecule has 0 radical (unpaired) electrons. The van der Waals surface area contributed by atoms with E-state index < -0.39 is 22.0 Å². The van der Waals surface area contributed by atoms with Crippen molar-refractivity contribution in [3.8, 4) is 0 Å². The van der Waals surface area contributed by atoms with Crippen LogP contribution in [0, 0.1) is 5.92 Å². The summed E-state index contributed by atoms with van der Waals surface area (Å²) in [6.07, 6.45) is 1.27. The summed E-state index contributed by atoms with van der Waals surface area (Å²) in [4.78, 5) is 10.8. The summed E-state index contributed by atoms with van der Waals surface area (Å²) in [5.74, 6) is -0.861. The maximum atomic E-state index is 10.9. The number of rotatable bonds is 2. The van der Waals surface area contributed by atoms with Crippen molar-refractivity contribution in [3.05, 3.63) is 0 Å². The van der Waals surface area contributed by atoms with Crippen molar-refractivity contribution in [2.45, 2.75) is 12.8 Å². The highest BCUT2D eigenvalue weighted by atomic mass is 32.2. The summed E-state index contributed by atoms with van der Waals surface area (Å²) in [6, 6.07) is 0. The zero-order chi connectivity index (χ0) is 10.1. The number of hydrogen-bond donors (Lipinski definition) is 2. The van der Waals surface area contributed by atoms with Crippen LogP contribution in [0.4, 0.5) is 0 Å². The predicted molar refractivity (Wildman–Crippen MR) is 46.6 cm³/mol. The van der Waals surface area contributed by atoms with Gasteiger partial charge in [-0.15, -0.1) is 0 Å². The van der Waals surface area contributed by atoms with Crippen LogP contribution in [-0.2, 0) is 15.0 Å². The largest absolute Gasteiger partial charge is 0.369 e. The van der Waals surface area contributed by atoms with Crippen molar-refractivity contribution >= 4 is 16.1 Å². The summed E-state index contributed by atoms with van der Waals surface area (Å²) in [7, 11) is -3.67. The zero-order valence-electron chi connectivity index (χ0n) is 7.14. The molecular weight excluding hydrogens is 194 g/mol. The molecule has 1 atom stereocenters. The van der Waals surface area contributed by atoms with Crippen LogP contribution in [0.2, 0.25) is 0 Å². The second kappa shape index (κ2) is 3.60. The fourth-order valence-corrected chi connectivity index (χ4v) is 2.18. The highest BCUT2D eigenvalue weighted by Gasteiger charge is 2.28. The molecule has 13 heavy (non-hydrogen) atoms. The van der Waals surface area contributed by atoms with Crippen LogP contribution >= 0.6 is 0 Å². The van der Waals surface area contributed by atoms with Crippen LogP contribution < -0.4 is 10.9 Å². The van der Waals surface area contributed by atoms with Crippen LogP contribution in [0.3, 0.4) is 0 Å². The van der Waals surface area contributed by atoms with Crippen molar-refractivity contribution in [1.82, 2.24) is 4.31 Å². The molecule has 0 aromatic rings. The minimum Gasteiger partial charge on any atom is -0.369 e. The van der Waals surface area contributed by atoms with Gasteiger partial charge in [-0.25, -0.2) is 5.14 Å². The maximum Gasteiger partial charge on any atom is 0.276 e. The van der Waals surface area contributed by atoms with E-state index in [-0.39, 0.29) is 6.54 Å². The molecule has 6 nitrogen and oxygen atoms in total. The SMILES string of the molecule is NC(=O)C1CCCN(S(N)(=O)=O)C1. The van der Waals surface area contributed by atoms with Gasteiger partial charge in [0, 0.05) is 13.1 Å². The Balaban J connectivity index is 2.67. The number of carbonyl (C=O) groups is 1. The van der Waals surface area contributed by atoms with Gasteiger partial charge in [-0.3, -0.25) is 4.79 Å². The standard InChI is InChI=1S/C6H13N3O3S/c7-6(10)5-2-1-3-9(4-5)13(8,11)12/h5H,1-4H2,(H2,7,10)(H2,8,11,12). The molecule has 1 fully saturated rings. The molecule has 1 aliphatic rings. The van der Waals surface area contributed by atoms with Gasteiger partial charge in [0.15, 0.2) is 0 Å². The Hall–Kier alpha value is -0.660. The smallest absolute Gasteiger partial charge is 0.276 e. The Labute approximate surface area is 77.1 Å². The highest BCUT2D eigenvalue weighted by Crippen LogP contribution is 2.16. The summed E-state index contributed by atoms with van der Waals surface area (Å²) < 4.78 is 22.9. The number of carbonyl (C=O) groups excluding carboxylic acids is 1. The molecule has 0 aromatic carbocycles. The van der Waals surface area contributed by atoms with E-state index in [0.717, 1.165) is 4.31 Å². The highest BCUT2D eigenvalue weighted by molar-refractivity contribution is 7.86. The van der Waals surface area contributed by atoms with Crippen LogP contribution in [0.25, 0.3) is 0 Å². The Morgan fingerprint density at radius 1 is 1.46 bits per heavy atom. The molecule has 4 N–H and O–H groups in total. The Morgan fingerprint density at radius 3 is 2.54 bits per heavy atom. The van der Waals surface area contributed by atoms with Crippen molar-refractivity contribution in [2.24, 2.45) is 16.8 Å². The lowest BCUT2D eigenvalue weighted by molar-refractivity contribution is -0.122. The number of amides is 1. The van der Waals surface area contributed by atoms with Gasteiger partial charge in [-0.2, -0.15) is 12.7 Å². The molecule has 7 heteroatoms. The van der Waals surface area contributed by atoms with E-state index in [9.17, 15) is 13.2 Å². The normalized spacial score (nSPS) is 25.8. The van der Waals surface area contributed by atoms with Crippen molar-refractivity contribution in [1.29, 1.82) is 0 Å². The van der Waals surface area contributed by atoms with Gasteiger partial charge in [0.2, 0.25) is 5.91 Å². The first-order valence-electron chi connectivity index (χ1n) is 3.98. The average Bonchev–Trinajstić information content (AvgIpc) is 2.03. The van der Waals surface area contributed by atoms with Crippen molar-refractivity contribution < 1.29 is 13.2 Å². The van der Waals surface area contributed by atoms with E-state index in [2.05, 4.69) is 0 Å². The first-order chi connectivity index (χ1) is 5.91. The number of nitrogens with zero attached hydrogens (tertiary/aromatic N) is 1. The minimum atomic E-state index is -3.67. The first-order valence-corrected chi connectivity index (χ1v) is 5.49. The van der Waals surface area contributed by atoms with Crippen LogP contribution in [0.5, 0.6) is 0 Å². The molecule has 0 bridgehead atoms. The molecule has 1 aliphatic heterocycles. The van der Waals surface area contributed by atoms with E-state index in [0.29, 0.717) is 19.4 Å². The van der Waals surface area contributed by atoms with Gasteiger partial charge < -0.3 is 5.73 Å². The number of piperidine rings is 1. The van der Waals surface area contributed by atoms with E-state index in [4.69, 9.17) is 10.9 Å². The topological polar surface area (TPSA) is 106 Å². The van der Waals surface area contributed by atoms with E-state index in [1.165, 1.54) is 0 Å². The molecule has 0 aliphatic carbocycles. The molecule has 1 amide bonds. The fraction of sp³-hybridized carbons (Fsp3) is 0.833. The molecule has 0 saturated carbocycles. The summed E-state index contributed by atoms with van der Waals surface area (Å²) in [5, 5.41) is 4.92. The molecule has 0 spiro atoms. The third kappa shape index (κ3) is 2.64. The lowest BCUT2D eigenvalue weighted by Crippen LogP contribution is -2.46. The molecule has 1 rings (SSSR count). The zero-order valence-corrected chi connectivity index (χ0v) is 7.96. The number of hydrogen-bond acceptors (Lipinski definition) is 3. The molecule has 1 saturated heterocycles. The number of primary amides is 1. The number of nitrogens with two attached hydrogens (primary N) is 2. The maximum absolute atomic E-state index is 10.9. The average molecular weight is 207 g/mol. The van der Waals surface area contributed by atoms with Crippen LogP contribution in [0.15, 0.2) is 0 Å². The summed E-state index contributed by atoms with van der Waals surface area (Å²) >= 11 is 0. The molecular formula is C6H13N3O3S. The monoisotopic (exact) mass is 207 g/mol. The van der Waals surface area contributed by atoms with E-state index >= 15 is 0 Å². The summed E-state index contributed by atoms with van der Waals surface area (Å²) in [6.45, 7) is 0.497. The van der Waals surface area contributed by atoms with Gasteiger partial charge >= 0.3 is 0 Å². The predicted octanol–water partition coefficient (Wildman–Crippen LogP) is -1.61. The van der Waals surface area contributed by atoms with Gasteiger partial charge in [0.05, 0.1) is 5.92 Å². The van der Waals surface area contributed by atoms with Gasteiger partial charge in [0.1, 0.15) is 0 Å². The Kier molecular flexibility index (Phi) is 2.89. The van der Waals surface area contributed by atoms with Gasteiger partial charge in [0.25, 0.3) is 10.2 Å². The van der Waals surface area contributed by atoms with Crippen LogP contribution in [0.1, 0.15) is 12.8 Å². The van der Waals surface area contributed by atoms with Crippen molar-refractivity contribution in [3.63, 3.8) is 0 Å². The lowest BCUT2D eigenvalue weighted by atomic mass is 9.99.